The van der Waals surface area contributed by atoms with Crippen molar-refractivity contribution in [2.75, 3.05) is 52.9 Å². The lowest BCUT2D eigenvalue weighted by atomic mass is 10.1. The second-order valence-electron chi connectivity index (χ2n) is 7.29. The fraction of sp³-hybridized carbons (Fsp3) is 0.737. The van der Waals surface area contributed by atoms with Crippen molar-refractivity contribution in [3.05, 3.63) is 22.4 Å². The number of likely N-dealkylation sites (tertiary alicyclic amines) is 2. The third-order valence-electron chi connectivity index (χ3n) is 5.27. The molecule has 3 rings (SSSR count). The SMILES string of the molecule is CCNC(=NCC(c1cccs1)N1CCCC1)NCC1CCN(C)C1. The average Bonchev–Trinajstić information content (AvgIpc) is 3.36. The largest absolute Gasteiger partial charge is 0.357 e. The standard InChI is InChI=1S/C19H33N5S/c1-3-20-19(21-13-16-8-11-23(2)15-16)22-14-17(18-7-6-12-25-18)24-9-4-5-10-24/h6-7,12,16-17H,3-5,8-11,13-15H2,1-2H3,(H2,20,21,22). The first kappa shape index (κ1) is 18.7. The number of hydrogen-bond donors (Lipinski definition) is 2. The lowest BCUT2D eigenvalue weighted by molar-refractivity contribution is 0.255. The van der Waals surface area contributed by atoms with Crippen molar-refractivity contribution in [3.8, 4) is 0 Å². The first-order valence-electron chi connectivity index (χ1n) is 9.74. The minimum atomic E-state index is 0.426. The van der Waals surface area contributed by atoms with E-state index in [2.05, 4.69) is 51.9 Å². The van der Waals surface area contributed by atoms with Gasteiger partial charge < -0.3 is 15.5 Å². The molecule has 3 heterocycles. The molecule has 1 aromatic heterocycles. The fourth-order valence-electron chi connectivity index (χ4n) is 3.87. The van der Waals surface area contributed by atoms with Crippen molar-refractivity contribution in [1.82, 2.24) is 20.4 Å². The Morgan fingerprint density at radius 3 is 2.80 bits per heavy atom. The number of nitrogens with zero attached hydrogens (tertiary/aromatic N) is 3. The molecule has 2 unspecified atom stereocenters. The van der Waals surface area contributed by atoms with Crippen molar-refractivity contribution in [2.45, 2.75) is 32.2 Å². The number of nitrogens with one attached hydrogen (secondary N) is 2. The lowest BCUT2D eigenvalue weighted by Crippen LogP contribution is -2.41. The first-order valence-corrected chi connectivity index (χ1v) is 10.6. The van der Waals surface area contributed by atoms with Crippen LogP contribution in [0.3, 0.4) is 0 Å². The predicted molar refractivity (Wildman–Crippen MR) is 107 cm³/mol. The van der Waals surface area contributed by atoms with Gasteiger partial charge in [0.05, 0.1) is 12.6 Å². The number of guanidine groups is 1. The maximum Gasteiger partial charge on any atom is 0.191 e. The van der Waals surface area contributed by atoms with Gasteiger partial charge in [-0.2, -0.15) is 0 Å². The summed E-state index contributed by atoms with van der Waals surface area (Å²) in [5.41, 5.74) is 0. The van der Waals surface area contributed by atoms with Crippen LogP contribution in [-0.4, -0.2) is 68.6 Å². The van der Waals surface area contributed by atoms with Gasteiger partial charge in [0.1, 0.15) is 0 Å². The van der Waals surface area contributed by atoms with Crippen LogP contribution in [0.25, 0.3) is 0 Å². The molecule has 0 aromatic carbocycles. The summed E-state index contributed by atoms with van der Waals surface area (Å²) >= 11 is 1.86. The van der Waals surface area contributed by atoms with Gasteiger partial charge in [0.2, 0.25) is 0 Å². The fourth-order valence-corrected chi connectivity index (χ4v) is 4.73. The minimum Gasteiger partial charge on any atom is -0.357 e. The van der Waals surface area contributed by atoms with Crippen LogP contribution in [0.4, 0.5) is 0 Å². The van der Waals surface area contributed by atoms with E-state index < -0.39 is 0 Å². The van der Waals surface area contributed by atoms with Crippen LogP contribution in [0.5, 0.6) is 0 Å². The molecule has 140 valence electrons. The Morgan fingerprint density at radius 1 is 1.32 bits per heavy atom. The molecule has 1 aromatic rings. The van der Waals surface area contributed by atoms with Gasteiger partial charge >= 0.3 is 0 Å². The van der Waals surface area contributed by atoms with Crippen molar-refractivity contribution < 1.29 is 0 Å². The summed E-state index contributed by atoms with van der Waals surface area (Å²) in [6.45, 7) is 9.71. The second kappa shape index (κ2) is 9.55. The van der Waals surface area contributed by atoms with Gasteiger partial charge in [-0.3, -0.25) is 9.89 Å². The third kappa shape index (κ3) is 5.43. The van der Waals surface area contributed by atoms with Gasteiger partial charge in [-0.05, 0) is 70.2 Å². The number of hydrogen-bond acceptors (Lipinski definition) is 4. The zero-order chi connectivity index (χ0) is 17.5. The van der Waals surface area contributed by atoms with Crippen molar-refractivity contribution in [1.29, 1.82) is 0 Å². The predicted octanol–water partition coefficient (Wildman–Crippen LogP) is 2.39. The number of aliphatic imine (C=N–C) groups is 1. The van der Waals surface area contributed by atoms with Crippen molar-refractivity contribution in [2.24, 2.45) is 10.9 Å². The van der Waals surface area contributed by atoms with Crippen molar-refractivity contribution >= 4 is 17.3 Å². The Morgan fingerprint density at radius 2 is 2.16 bits per heavy atom. The van der Waals surface area contributed by atoms with E-state index in [9.17, 15) is 0 Å². The lowest BCUT2D eigenvalue weighted by Gasteiger charge is -2.25. The quantitative estimate of drug-likeness (QED) is 0.577. The molecule has 0 spiro atoms. The van der Waals surface area contributed by atoms with Crippen LogP contribution in [0.2, 0.25) is 0 Å². The van der Waals surface area contributed by atoms with Gasteiger partial charge in [0.25, 0.3) is 0 Å². The number of thiophene rings is 1. The molecule has 2 saturated heterocycles. The summed E-state index contributed by atoms with van der Waals surface area (Å²) in [5.74, 6) is 1.71. The normalized spacial score (nSPS) is 23.9. The minimum absolute atomic E-state index is 0.426. The summed E-state index contributed by atoms with van der Waals surface area (Å²) in [7, 11) is 2.21. The van der Waals surface area contributed by atoms with E-state index >= 15 is 0 Å². The molecule has 0 bridgehead atoms. The highest BCUT2D eigenvalue weighted by Gasteiger charge is 2.24. The topological polar surface area (TPSA) is 42.9 Å². The van der Waals surface area contributed by atoms with Crippen molar-refractivity contribution in [3.63, 3.8) is 0 Å². The van der Waals surface area contributed by atoms with E-state index in [1.807, 2.05) is 11.3 Å². The molecular formula is C19H33N5S. The summed E-state index contributed by atoms with van der Waals surface area (Å²) in [4.78, 5) is 11.4. The maximum atomic E-state index is 4.94. The highest BCUT2D eigenvalue weighted by Crippen LogP contribution is 2.28. The number of rotatable bonds is 7. The molecule has 2 aliphatic heterocycles. The van der Waals surface area contributed by atoms with E-state index in [1.165, 1.54) is 50.3 Å². The Labute approximate surface area is 156 Å². The van der Waals surface area contributed by atoms with E-state index in [-0.39, 0.29) is 0 Å². The van der Waals surface area contributed by atoms with Crippen LogP contribution >= 0.6 is 11.3 Å². The Bertz CT molecular complexity index is 524. The molecule has 6 heteroatoms. The zero-order valence-electron chi connectivity index (χ0n) is 15.7. The molecule has 0 amide bonds. The molecule has 2 fully saturated rings. The average molecular weight is 364 g/mol. The second-order valence-corrected chi connectivity index (χ2v) is 8.27. The molecule has 0 saturated carbocycles. The van der Waals surface area contributed by atoms with Crippen LogP contribution < -0.4 is 10.6 Å². The van der Waals surface area contributed by atoms with Gasteiger partial charge in [-0.1, -0.05) is 6.07 Å². The molecule has 2 aliphatic rings. The van der Waals surface area contributed by atoms with Gasteiger partial charge in [0, 0.05) is 24.5 Å². The van der Waals surface area contributed by atoms with E-state index in [1.54, 1.807) is 0 Å². The molecular weight excluding hydrogens is 330 g/mol. The smallest absolute Gasteiger partial charge is 0.191 e. The Hall–Kier alpha value is -1.11. The molecule has 0 aliphatic carbocycles. The van der Waals surface area contributed by atoms with Crippen LogP contribution in [-0.2, 0) is 0 Å². The summed E-state index contributed by atoms with van der Waals surface area (Å²) in [5, 5.41) is 9.17. The summed E-state index contributed by atoms with van der Waals surface area (Å²) in [6.07, 6.45) is 3.92. The van der Waals surface area contributed by atoms with E-state index in [0.717, 1.165) is 31.5 Å². The molecule has 0 radical (unpaired) electrons. The van der Waals surface area contributed by atoms with Crippen LogP contribution in [0, 0.1) is 5.92 Å². The monoisotopic (exact) mass is 363 g/mol. The van der Waals surface area contributed by atoms with Gasteiger partial charge in [0.15, 0.2) is 5.96 Å². The van der Waals surface area contributed by atoms with E-state index in [4.69, 9.17) is 4.99 Å². The van der Waals surface area contributed by atoms with E-state index in [0.29, 0.717) is 6.04 Å². The Kier molecular flexibility index (Phi) is 7.13. The highest BCUT2D eigenvalue weighted by molar-refractivity contribution is 7.10. The highest BCUT2D eigenvalue weighted by atomic mass is 32.1. The molecule has 2 N–H and O–H groups in total. The molecule has 2 atom stereocenters. The zero-order valence-corrected chi connectivity index (χ0v) is 16.5. The molecule has 25 heavy (non-hydrogen) atoms. The summed E-state index contributed by atoms with van der Waals surface area (Å²) < 4.78 is 0. The third-order valence-corrected chi connectivity index (χ3v) is 6.24. The van der Waals surface area contributed by atoms with Crippen LogP contribution in [0.15, 0.2) is 22.5 Å². The molecule has 5 nitrogen and oxygen atoms in total. The van der Waals surface area contributed by atoms with Crippen LogP contribution in [0.1, 0.15) is 37.1 Å². The van der Waals surface area contributed by atoms with Gasteiger partial charge in [-0.15, -0.1) is 11.3 Å². The summed E-state index contributed by atoms with van der Waals surface area (Å²) in [6, 6.07) is 4.85. The first-order chi connectivity index (χ1) is 12.3. The maximum absolute atomic E-state index is 4.94. The van der Waals surface area contributed by atoms with Gasteiger partial charge in [-0.25, -0.2) is 0 Å². The Balaban J connectivity index is 1.59.